The molecule has 3 rings (SSSR count). The second-order valence-corrected chi connectivity index (χ2v) is 5.58. The first kappa shape index (κ1) is 13.9. The van der Waals surface area contributed by atoms with Gasteiger partial charge in [-0.3, -0.25) is 0 Å². The van der Waals surface area contributed by atoms with Gasteiger partial charge in [-0.05, 0) is 41.7 Å². The van der Waals surface area contributed by atoms with Crippen LogP contribution in [0.3, 0.4) is 0 Å². The molecule has 1 unspecified atom stereocenters. The average molecular weight is 279 g/mol. The van der Waals surface area contributed by atoms with E-state index in [1.807, 2.05) is 0 Å². The van der Waals surface area contributed by atoms with Crippen molar-refractivity contribution < 1.29 is 5.11 Å². The number of aliphatic hydroxyl groups excluding tert-OH is 1. The SMILES string of the molecule is CC(c1ccccc1)c1c[nH]c2ccc(CCCO)cc12. The number of rotatable bonds is 5. The molecule has 0 bridgehead atoms. The van der Waals surface area contributed by atoms with Crippen LogP contribution < -0.4 is 0 Å². The quantitative estimate of drug-likeness (QED) is 0.720. The van der Waals surface area contributed by atoms with Gasteiger partial charge in [-0.25, -0.2) is 0 Å². The number of hydrogen-bond acceptors (Lipinski definition) is 1. The van der Waals surface area contributed by atoms with E-state index in [1.54, 1.807) is 0 Å². The van der Waals surface area contributed by atoms with Crippen LogP contribution in [0.1, 0.15) is 36.0 Å². The summed E-state index contributed by atoms with van der Waals surface area (Å²) < 4.78 is 0. The normalized spacial score (nSPS) is 12.7. The fourth-order valence-corrected chi connectivity index (χ4v) is 2.91. The molecule has 0 saturated carbocycles. The zero-order valence-corrected chi connectivity index (χ0v) is 12.3. The Kier molecular flexibility index (Phi) is 4.07. The Morgan fingerprint density at radius 1 is 1.10 bits per heavy atom. The van der Waals surface area contributed by atoms with Crippen molar-refractivity contribution in [2.45, 2.75) is 25.7 Å². The van der Waals surface area contributed by atoms with Crippen LogP contribution in [0.25, 0.3) is 10.9 Å². The Balaban J connectivity index is 1.98. The molecule has 0 spiro atoms. The molecule has 0 amide bonds. The summed E-state index contributed by atoms with van der Waals surface area (Å²) in [7, 11) is 0. The van der Waals surface area contributed by atoms with Gasteiger partial charge >= 0.3 is 0 Å². The van der Waals surface area contributed by atoms with Gasteiger partial charge in [0, 0.05) is 29.6 Å². The Hall–Kier alpha value is -2.06. The fourth-order valence-electron chi connectivity index (χ4n) is 2.91. The smallest absolute Gasteiger partial charge is 0.0457 e. The van der Waals surface area contributed by atoms with Gasteiger partial charge in [0.15, 0.2) is 0 Å². The molecule has 1 heterocycles. The molecule has 108 valence electrons. The molecular weight excluding hydrogens is 258 g/mol. The van der Waals surface area contributed by atoms with Crippen LogP contribution in [0.15, 0.2) is 54.7 Å². The average Bonchev–Trinajstić information content (AvgIpc) is 2.96. The molecule has 0 radical (unpaired) electrons. The van der Waals surface area contributed by atoms with Crippen molar-refractivity contribution >= 4 is 10.9 Å². The molecule has 0 aliphatic carbocycles. The lowest BCUT2D eigenvalue weighted by Crippen LogP contribution is -1.95. The maximum absolute atomic E-state index is 8.99. The summed E-state index contributed by atoms with van der Waals surface area (Å²) in [5.74, 6) is 0.369. The molecule has 2 aromatic carbocycles. The van der Waals surface area contributed by atoms with Crippen molar-refractivity contribution in [3.8, 4) is 0 Å². The zero-order chi connectivity index (χ0) is 14.7. The molecule has 2 N–H and O–H groups in total. The monoisotopic (exact) mass is 279 g/mol. The van der Waals surface area contributed by atoms with E-state index in [9.17, 15) is 0 Å². The Morgan fingerprint density at radius 2 is 1.90 bits per heavy atom. The second kappa shape index (κ2) is 6.15. The summed E-state index contributed by atoms with van der Waals surface area (Å²) in [5, 5.41) is 10.3. The van der Waals surface area contributed by atoms with E-state index in [0.29, 0.717) is 5.92 Å². The van der Waals surface area contributed by atoms with Gasteiger partial charge in [0.2, 0.25) is 0 Å². The molecule has 0 aliphatic rings. The van der Waals surface area contributed by atoms with E-state index >= 15 is 0 Å². The van der Waals surface area contributed by atoms with E-state index in [-0.39, 0.29) is 6.61 Å². The largest absolute Gasteiger partial charge is 0.396 e. The highest BCUT2D eigenvalue weighted by atomic mass is 16.2. The number of nitrogens with one attached hydrogen (secondary N) is 1. The summed E-state index contributed by atoms with van der Waals surface area (Å²) >= 11 is 0. The molecule has 0 saturated heterocycles. The summed E-state index contributed by atoms with van der Waals surface area (Å²) in [5.41, 5.74) is 5.14. The number of aromatic nitrogens is 1. The highest BCUT2D eigenvalue weighted by Gasteiger charge is 2.13. The Bertz CT molecular complexity index is 715. The first-order valence-corrected chi connectivity index (χ1v) is 7.55. The molecule has 21 heavy (non-hydrogen) atoms. The number of aromatic amines is 1. The first-order chi connectivity index (χ1) is 10.3. The van der Waals surface area contributed by atoms with Gasteiger partial charge in [0.05, 0.1) is 0 Å². The van der Waals surface area contributed by atoms with Crippen LogP contribution in [0.2, 0.25) is 0 Å². The molecule has 1 aromatic heterocycles. The van der Waals surface area contributed by atoms with Crippen molar-refractivity contribution in [3.05, 3.63) is 71.4 Å². The van der Waals surface area contributed by atoms with E-state index in [1.165, 1.54) is 27.6 Å². The second-order valence-electron chi connectivity index (χ2n) is 5.58. The molecule has 1 atom stereocenters. The lowest BCUT2D eigenvalue weighted by atomic mass is 9.92. The fraction of sp³-hybridized carbons (Fsp3) is 0.263. The van der Waals surface area contributed by atoms with E-state index in [4.69, 9.17) is 5.11 Å². The lowest BCUT2D eigenvalue weighted by Gasteiger charge is -2.11. The van der Waals surface area contributed by atoms with Crippen LogP contribution in [-0.2, 0) is 6.42 Å². The van der Waals surface area contributed by atoms with E-state index < -0.39 is 0 Å². The maximum atomic E-state index is 8.99. The summed E-state index contributed by atoms with van der Waals surface area (Å²) in [6.45, 7) is 2.50. The minimum atomic E-state index is 0.248. The van der Waals surface area contributed by atoms with Crippen molar-refractivity contribution in [3.63, 3.8) is 0 Å². The van der Waals surface area contributed by atoms with Gasteiger partial charge in [0.1, 0.15) is 0 Å². The van der Waals surface area contributed by atoms with Crippen molar-refractivity contribution in [2.24, 2.45) is 0 Å². The first-order valence-electron chi connectivity index (χ1n) is 7.55. The third kappa shape index (κ3) is 2.86. The van der Waals surface area contributed by atoms with Gasteiger partial charge < -0.3 is 10.1 Å². The topological polar surface area (TPSA) is 36.0 Å². The number of aryl methyl sites for hydroxylation is 1. The maximum Gasteiger partial charge on any atom is 0.0457 e. The van der Waals surface area contributed by atoms with Crippen LogP contribution >= 0.6 is 0 Å². The third-order valence-electron chi connectivity index (χ3n) is 4.17. The third-order valence-corrected chi connectivity index (χ3v) is 4.17. The lowest BCUT2D eigenvalue weighted by molar-refractivity contribution is 0.288. The number of fused-ring (bicyclic) bond motifs is 1. The highest BCUT2D eigenvalue weighted by Crippen LogP contribution is 2.31. The minimum absolute atomic E-state index is 0.248. The van der Waals surface area contributed by atoms with Crippen LogP contribution in [0, 0.1) is 0 Å². The number of H-pyrrole nitrogens is 1. The number of aliphatic hydroxyl groups is 1. The number of hydrogen-bond donors (Lipinski definition) is 2. The van der Waals surface area contributed by atoms with Crippen molar-refractivity contribution in [1.29, 1.82) is 0 Å². The summed E-state index contributed by atoms with van der Waals surface area (Å²) in [6, 6.07) is 17.1. The molecule has 0 aliphatic heterocycles. The van der Waals surface area contributed by atoms with Crippen LogP contribution in [-0.4, -0.2) is 16.7 Å². The minimum Gasteiger partial charge on any atom is -0.396 e. The molecule has 2 nitrogen and oxygen atoms in total. The van der Waals surface area contributed by atoms with Crippen molar-refractivity contribution in [2.75, 3.05) is 6.61 Å². The van der Waals surface area contributed by atoms with Crippen LogP contribution in [0.4, 0.5) is 0 Å². The zero-order valence-electron chi connectivity index (χ0n) is 12.3. The molecule has 3 aromatic rings. The number of benzene rings is 2. The standard InChI is InChI=1S/C19H21NO/c1-14(16-7-3-2-4-8-16)18-13-20-19-10-9-15(6-5-11-21)12-17(18)19/h2-4,7-10,12-14,20-21H,5-6,11H2,1H3. The molecular formula is C19H21NO. The van der Waals surface area contributed by atoms with Crippen LogP contribution in [0.5, 0.6) is 0 Å². The Morgan fingerprint density at radius 3 is 2.67 bits per heavy atom. The predicted molar refractivity (Wildman–Crippen MR) is 87.7 cm³/mol. The highest BCUT2D eigenvalue weighted by molar-refractivity contribution is 5.84. The van der Waals surface area contributed by atoms with E-state index in [2.05, 4.69) is 66.6 Å². The predicted octanol–water partition coefficient (Wildman–Crippen LogP) is 4.24. The molecule has 2 heteroatoms. The van der Waals surface area contributed by atoms with Gasteiger partial charge in [0.25, 0.3) is 0 Å². The van der Waals surface area contributed by atoms with Crippen molar-refractivity contribution in [1.82, 2.24) is 4.98 Å². The Labute approximate surface area is 125 Å². The molecule has 0 fully saturated rings. The summed E-state index contributed by atoms with van der Waals surface area (Å²) in [6.07, 6.45) is 3.87. The van der Waals surface area contributed by atoms with Gasteiger partial charge in [-0.1, -0.05) is 43.3 Å². The van der Waals surface area contributed by atoms with Gasteiger partial charge in [-0.15, -0.1) is 0 Å². The van der Waals surface area contributed by atoms with E-state index in [0.717, 1.165) is 12.8 Å². The van der Waals surface area contributed by atoms with Gasteiger partial charge in [-0.2, -0.15) is 0 Å². The summed E-state index contributed by atoms with van der Waals surface area (Å²) in [4.78, 5) is 3.37.